The van der Waals surface area contributed by atoms with E-state index in [9.17, 15) is 4.79 Å². The van der Waals surface area contributed by atoms with E-state index >= 15 is 0 Å². The molecule has 0 aromatic carbocycles. The van der Waals surface area contributed by atoms with Crippen LogP contribution in [0.1, 0.15) is 12.6 Å². The number of nitrogens with zero attached hydrogens (tertiary/aromatic N) is 4. The van der Waals surface area contributed by atoms with Crippen LogP contribution in [0.2, 0.25) is 0 Å². The Morgan fingerprint density at radius 3 is 3.04 bits per heavy atom. The van der Waals surface area contributed by atoms with Crippen molar-refractivity contribution in [3.63, 3.8) is 0 Å². The Morgan fingerprint density at radius 1 is 1.38 bits per heavy atom. The van der Waals surface area contributed by atoms with Crippen molar-refractivity contribution in [2.45, 2.75) is 19.9 Å². The van der Waals surface area contributed by atoms with Gasteiger partial charge in [0.05, 0.1) is 24.1 Å². The number of nitrogens with one attached hydrogen (secondary N) is 1. The second-order valence-corrected chi connectivity index (χ2v) is 6.56. The number of carbonyl (C=O) groups excluding carboxylic acids is 1. The van der Waals surface area contributed by atoms with Crippen LogP contribution >= 0.6 is 11.3 Å². The van der Waals surface area contributed by atoms with Crippen molar-refractivity contribution in [1.82, 2.24) is 24.8 Å². The van der Waals surface area contributed by atoms with Crippen LogP contribution in [-0.4, -0.2) is 32.0 Å². The number of pyridine rings is 1. The number of amides is 1. The minimum atomic E-state index is -0.00893. The Balaban J connectivity index is 1.47. The first kappa shape index (κ1) is 16.3. The standard InChI is InChI=1S/C17H19N5OS/c1-13(10-22-7-6-18-12-22)9-20-16(23)8-14-11-24-17(21-14)15-4-2-3-5-19-15/h2-7,11-13H,8-10H2,1H3,(H,20,23)/t13-/m0/s1. The van der Waals surface area contributed by atoms with Gasteiger partial charge in [-0.2, -0.15) is 0 Å². The van der Waals surface area contributed by atoms with E-state index in [1.165, 1.54) is 11.3 Å². The van der Waals surface area contributed by atoms with E-state index in [4.69, 9.17) is 0 Å². The van der Waals surface area contributed by atoms with E-state index in [1.54, 1.807) is 18.7 Å². The van der Waals surface area contributed by atoms with Crippen molar-refractivity contribution >= 4 is 17.2 Å². The first-order valence-electron chi connectivity index (χ1n) is 7.79. The highest BCUT2D eigenvalue weighted by Crippen LogP contribution is 2.21. The summed E-state index contributed by atoms with van der Waals surface area (Å²) < 4.78 is 2.01. The number of carbonyl (C=O) groups is 1. The van der Waals surface area contributed by atoms with Crippen molar-refractivity contribution in [3.8, 4) is 10.7 Å². The fourth-order valence-electron chi connectivity index (χ4n) is 2.33. The van der Waals surface area contributed by atoms with Gasteiger partial charge in [-0.05, 0) is 18.1 Å². The molecule has 6 nitrogen and oxygen atoms in total. The maximum atomic E-state index is 12.1. The first-order chi connectivity index (χ1) is 11.7. The van der Waals surface area contributed by atoms with Crippen molar-refractivity contribution in [2.24, 2.45) is 5.92 Å². The Kier molecular flexibility index (Phi) is 5.32. The van der Waals surface area contributed by atoms with E-state index in [0.717, 1.165) is 22.9 Å². The van der Waals surface area contributed by atoms with Gasteiger partial charge in [0, 0.05) is 37.1 Å². The van der Waals surface area contributed by atoms with Gasteiger partial charge in [-0.1, -0.05) is 13.0 Å². The van der Waals surface area contributed by atoms with Gasteiger partial charge < -0.3 is 9.88 Å². The van der Waals surface area contributed by atoms with Crippen molar-refractivity contribution < 1.29 is 4.79 Å². The lowest BCUT2D eigenvalue weighted by molar-refractivity contribution is -0.120. The molecule has 1 atom stereocenters. The second-order valence-electron chi connectivity index (χ2n) is 5.70. The van der Waals surface area contributed by atoms with Gasteiger partial charge in [-0.3, -0.25) is 9.78 Å². The molecule has 0 saturated heterocycles. The molecular formula is C17H19N5OS. The van der Waals surface area contributed by atoms with E-state index in [0.29, 0.717) is 18.9 Å². The van der Waals surface area contributed by atoms with Crippen LogP contribution in [0.4, 0.5) is 0 Å². The monoisotopic (exact) mass is 341 g/mol. The molecule has 0 spiro atoms. The molecule has 3 heterocycles. The maximum Gasteiger partial charge on any atom is 0.226 e. The van der Waals surface area contributed by atoms with Crippen LogP contribution < -0.4 is 5.32 Å². The molecule has 1 amide bonds. The Labute approximate surface area is 144 Å². The SMILES string of the molecule is C[C@@H](CNC(=O)Cc1csc(-c2ccccn2)n1)Cn1ccnc1. The summed E-state index contributed by atoms with van der Waals surface area (Å²) in [5.74, 6) is 0.327. The van der Waals surface area contributed by atoms with Gasteiger partial charge >= 0.3 is 0 Å². The zero-order chi connectivity index (χ0) is 16.8. The summed E-state index contributed by atoms with van der Waals surface area (Å²) in [7, 11) is 0. The lowest BCUT2D eigenvalue weighted by Crippen LogP contribution is -2.31. The molecule has 1 N–H and O–H groups in total. The van der Waals surface area contributed by atoms with Crippen molar-refractivity contribution in [2.75, 3.05) is 6.54 Å². The van der Waals surface area contributed by atoms with Crippen LogP contribution in [0.3, 0.4) is 0 Å². The minimum absolute atomic E-state index is 0.00893. The lowest BCUT2D eigenvalue weighted by atomic mass is 10.2. The summed E-state index contributed by atoms with van der Waals surface area (Å²) in [4.78, 5) is 24.9. The molecule has 3 rings (SSSR count). The minimum Gasteiger partial charge on any atom is -0.355 e. The number of hydrogen-bond donors (Lipinski definition) is 1. The fourth-order valence-corrected chi connectivity index (χ4v) is 3.12. The molecule has 3 aromatic heterocycles. The summed E-state index contributed by atoms with van der Waals surface area (Å²) >= 11 is 1.51. The molecular weight excluding hydrogens is 322 g/mol. The third-order valence-corrected chi connectivity index (χ3v) is 4.42. The largest absolute Gasteiger partial charge is 0.355 e. The van der Waals surface area contributed by atoms with E-state index in [1.807, 2.05) is 34.3 Å². The zero-order valence-corrected chi connectivity index (χ0v) is 14.2. The number of rotatable bonds is 7. The third kappa shape index (κ3) is 4.48. The highest BCUT2D eigenvalue weighted by atomic mass is 32.1. The maximum absolute atomic E-state index is 12.1. The number of imidazole rings is 1. The molecule has 0 aliphatic heterocycles. The van der Waals surface area contributed by atoms with Crippen LogP contribution in [0.5, 0.6) is 0 Å². The Morgan fingerprint density at radius 2 is 2.29 bits per heavy atom. The first-order valence-corrected chi connectivity index (χ1v) is 8.67. The number of aromatic nitrogens is 4. The zero-order valence-electron chi connectivity index (χ0n) is 13.4. The van der Waals surface area contributed by atoms with Crippen molar-refractivity contribution in [1.29, 1.82) is 0 Å². The van der Waals surface area contributed by atoms with Crippen molar-refractivity contribution in [3.05, 3.63) is 54.2 Å². The number of hydrogen-bond acceptors (Lipinski definition) is 5. The van der Waals surface area contributed by atoms with Crippen LogP contribution in [0.25, 0.3) is 10.7 Å². The topological polar surface area (TPSA) is 72.7 Å². The normalized spacial score (nSPS) is 12.0. The molecule has 24 heavy (non-hydrogen) atoms. The highest BCUT2D eigenvalue weighted by molar-refractivity contribution is 7.13. The summed E-state index contributed by atoms with van der Waals surface area (Å²) in [6.07, 6.45) is 7.50. The summed E-state index contributed by atoms with van der Waals surface area (Å²) in [5.41, 5.74) is 1.61. The molecule has 3 aromatic rings. The van der Waals surface area contributed by atoms with E-state index < -0.39 is 0 Å². The summed E-state index contributed by atoms with van der Waals surface area (Å²) in [6.45, 7) is 3.57. The predicted molar refractivity (Wildman–Crippen MR) is 93.4 cm³/mol. The number of thiazole rings is 1. The van der Waals surface area contributed by atoms with Gasteiger partial charge in [0.2, 0.25) is 5.91 Å². The smallest absolute Gasteiger partial charge is 0.226 e. The second kappa shape index (κ2) is 7.83. The molecule has 0 unspecified atom stereocenters. The molecule has 0 fully saturated rings. The third-order valence-electron chi connectivity index (χ3n) is 3.51. The molecule has 0 aliphatic rings. The highest BCUT2D eigenvalue weighted by Gasteiger charge is 2.11. The molecule has 0 aliphatic carbocycles. The van der Waals surface area contributed by atoms with E-state index in [2.05, 4.69) is 27.2 Å². The summed E-state index contributed by atoms with van der Waals surface area (Å²) in [6, 6.07) is 5.72. The summed E-state index contributed by atoms with van der Waals surface area (Å²) in [5, 5.41) is 5.72. The quantitative estimate of drug-likeness (QED) is 0.716. The molecule has 0 saturated carbocycles. The predicted octanol–water partition coefficient (Wildman–Crippen LogP) is 2.40. The van der Waals surface area contributed by atoms with Gasteiger partial charge in [0.1, 0.15) is 5.01 Å². The van der Waals surface area contributed by atoms with Gasteiger partial charge in [0.25, 0.3) is 0 Å². The van der Waals surface area contributed by atoms with Crippen LogP contribution in [0, 0.1) is 5.92 Å². The lowest BCUT2D eigenvalue weighted by Gasteiger charge is -2.12. The molecule has 7 heteroatoms. The van der Waals surface area contributed by atoms with Crippen LogP contribution in [0.15, 0.2) is 48.5 Å². The van der Waals surface area contributed by atoms with Gasteiger partial charge in [0.15, 0.2) is 0 Å². The fraction of sp³-hybridized carbons (Fsp3) is 0.294. The molecule has 124 valence electrons. The Hall–Kier alpha value is -2.54. The molecule has 0 bridgehead atoms. The van der Waals surface area contributed by atoms with E-state index in [-0.39, 0.29) is 5.91 Å². The van der Waals surface area contributed by atoms with Gasteiger partial charge in [-0.15, -0.1) is 11.3 Å². The average Bonchev–Trinajstić information content (AvgIpc) is 3.26. The molecule has 0 radical (unpaired) electrons. The average molecular weight is 341 g/mol. The van der Waals surface area contributed by atoms with Crippen LogP contribution in [-0.2, 0) is 17.8 Å². The Bertz CT molecular complexity index is 769. The van der Waals surface area contributed by atoms with Gasteiger partial charge in [-0.25, -0.2) is 9.97 Å².